The van der Waals surface area contributed by atoms with Gasteiger partial charge in [-0.1, -0.05) is 30.3 Å². The van der Waals surface area contributed by atoms with Crippen LogP contribution in [0.3, 0.4) is 0 Å². The monoisotopic (exact) mass is 369 g/mol. The van der Waals surface area contributed by atoms with E-state index < -0.39 is 0 Å². The second-order valence-electron chi connectivity index (χ2n) is 6.18. The lowest BCUT2D eigenvalue weighted by Gasteiger charge is -2.27. The molecule has 0 atom stereocenters. The van der Waals surface area contributed by atoms with Gasteiger partial charge in [0.25, 0.3) is 0 Å². The molecule has 0 aliphatic carbocycles. The maximum absolute atomic E-state index is 12.1. The first-order chi connectivity index (χ1) is 12.3. The summed E-state index contributed by atoms with van der Waals surface area (Å²) in [5.41, 5.74) is 3.89. The van der Waals surface area contributed by atoms with Crippen LogP contribution in [0.2, 0.25) is 0 Å². The summed E-state index contributed by atoms with van der Waals surface area (Å²) in [5, 5.41) is 7.63. The molecule has 3 heterocycles. The molecule has 6 heteroatoms. The number of fused-ring (bicyclic) bond motifs is 1. The third-order valence-corrected chi connectivity index (χ3v) is 5.99. The quantitative estimate of drug-likeness (QED) is 0.741. The zero-order chi connectivity index (χ0) is 17.1. The second-order valence-corrected chi connectivity index (χ2v) is 8.07. The SMILES string of the molecule is O=C(Cc1cccs1)Nc1nc(CN2CCc3ccccc3C2)cs1. The fourth-order valence-electron chi connectivity index (χ4n) is 3.09. The van der Waals surface area contributed by atoms with Gasteiger partial charge in [-0.15, -0.1) is 22.7 Å². The Balaban J connectivity index is 1.33. The van der Waals surface area contributed by atoms with Gasteiger partial charge in [-0.05, 0) is 29.0 Å². The highest BCUT2D eigenvalue weighted by Crippen LogP contribution is 2.22. The van der Waals surface area contributed by atoms with Gasteiger partial charge in [-0.2, -0.15) is 0 Å². The van der Waals surface area contributed by atoms with E-state index in [4.69, 9.17) is 0 Å². The molecule has 0 spiro atoms. The normalized spacial score (nSPS) is 14.2. The molecule has 0 saturated heterocycles. The van der Waals surface area contributed by atoms with Crippen LogP contribution in [0.4, 0.5) is 5.13 Å². The standard InChI is InChI=1S/C19H19N3OS2/c23-18(10-17-6-3-9-24-17)21-19-20-16(13-25-19)12-22-8-7-14-4-1-2-5-15(14)11-22/h1-6,9,13H,7-8,10-12H2,(H,20,21,23). The van der Waals surface area contributed by atoms with Crippen molar-refractivity contribution in [2.24, 2.45) is 0 Å². The average molecular weight is 370 g/mol. The first kappa shape index (κ1) is 16.4. The van der Waals surface area contributed by atoms with Gasteiger partial charge >= 0.3 is 0 Å². The fourth-order valence-corrected chi connectivity index (χ4v) is 4.51. The van der Waals surface area contributed by atoms with Crippen molar-refractivity contribution in [2.45, 2.75) is 25.9 Å². The first-order valence-electron chi connectivity index (χ1n) is 8.32. The minimum atomic E-state index is -0.00440. The fraction of sp³-hybridized carbons (Fsp3) is 0.263. The molecule has 2 aromatic heterocycles. The average Bonchev–Trinajstić information content (AvgIpc) is 3.27. The molecule has 1 N–H and O–H groups in total. The maximum atomic E-state index is 12.1. The number of aromatic nitrogens is 1. The number of hydrogen-bond acceptors (Lipinski definition) is 5. The third-order valence-electron chi connectivity index (χ3n) is 4.31. The van der Waals surface area contributed by atoms with Crippen LogP contribution in [-0.2, 0) is 30.7 Å². The summed E-state index contributed by atoms with van der Waals surface area (Å²) in [5.74, 6) is -0.00440. The molecule has 4 nitrogen and oxygen atoms in total. The van der Waals surface area contributed by atoms with E-state index in [1.54, 1.807) is 11.3 Å². The highest BCUT2D eigenvalue weighted by atomic mass is 32.1. The van der Waals surface area contributed by atoms with Gasteiger partial charge < -0.3 is 5.32 Å². The summed E-state index contributed by atoms with van der Waals surface area (Å²) in [4.78, 5) is 20.1. The maximum Gasteiger partial charge on any atom is 0.231 e. The summed E-state index contributed by atoms with van der Waals surface area (Å²) in [6, 6.07) is 12.6. The Hall–Kier alpha value is -2.02. The largest absolute Gasteiger partial charge is 0.302 e. The predicted molar refractivity (Wildman–Crippen MR) is 103 cm³/mol. The molecule has 1 aromatic carbocycles. The van der Waals surface area contributed by atoms with Crippen LogP contribution < -0.4 is 5.32 Å². The molecule has 1 amide bonds. The lowest BCUT2D eigenvalue weighted by atomic mass is 10.00. The Morgan fingerprint density at radius 2 is 2.04 bits per heavy atom. The molecule has 0 fully saturated rings. The number of thiophene rings is 1. The molecule has 3 aromatic rings. The van der Waals surface area contributed by atoms with Crippen LogP contribution in [0.15, 0.2) is 47.2 Å². The van der Waals surface area contributed by atoms with Gasteiger partial charge in [-0.3, -0.25) is 9.69 Å². The van der Waals surface area contributed by atoms with E-state index in [1.165, 1.54) is 22.5 Å². The Morgan fingerprint density at radius 3 is 2.88 bits per heavy atom. The molecular weight excluding hydrogens is 350 g/mol. The van der Waals surface area contributed by atoms with E-state index in [0.29, 0.717) is 11.6 Å². The molecule has 0 unspecified atom stereocenters. The van der Waals surface area contributed by atoms with Crippen molar-refractivity contribution < 1.29 is 4.79 Å². The van der Waals surface area contributed by atoms with Crippen LogP contribution in [0.5, 0.6) is 0 Å². The topological polar surface area (TPSA) is 45.2 Å². The van der Waals surface area contributed by atoms with Crippen LogP contribution in [0, 0.1) is 0 Å². The number of amides is 1. The van der Waals surface area contributed by atoms with Crippen molar-refractivity contribution in [1.82, 2.24) is 9.88 Å². The smallest absolute Gasteiger partial charge is 0.231 e. The molecule has 4 rings (SSSR count). The molecule has 0 radical (unpaired) electrons. The van der Waals surface area contributed by atoms with Crippen LogP contribution in [0.1, 0.15) is 21.7 Å². The number of thiazole rings is 1. The zero-order valence-electron chi connectivity index (χ0n) is 13.8. The molecular formula is C19H19N3OS2. The van der Waals surface area contributed by atoms with E-state index in [2.05, 4.69) is 39.5 Å². The second kappa shape index (κ2) is 7.47. The van der Waals surface area contributed by atoms with E-state index in [9.17, 15) is 4.79 Å². The van der Waals surface area contributed by atoms with Crippen molar-refractivity contribution in [3.05, 3.63) is 68.9 Å². The number of benzene rings is 1. The van der Waals surface area contributed by atoms with Gasteiger partial charge in [0.2, 0.25) is 5.91 Å². The van der Waals surface area contributed by atoms with Crippen molar-refractivity contribution in [3.8, 4) is 0 Å². The molecule has 1 aliphatic rings. The Morgan fingerprint density at radius 1 is 1.16 bits per heavy atom. The summed E-state index contributed by atoms with van der Waals surface area (Å²) >= 11 is 3.10. The van der Waals surface area contributed by atoms with Crippen LogP contribution in [-0.4, -0.2) is 22.3 Å². The van der Waals surface area contributed by atoms with Crippen LogP contribution >= 0.6 is 22.7 Å². The van der Waals surface area contributed by atoms with Crippen molar-refractivity contribution in [3.63, 3.8) is 0 Å². The Kier molecular flexibility index (Phi) is 4.92. The minimum absolute atomic E-state index is 0.00440. The van der Waals surface area contributed by atoms with E-state index in [-0.39, 0.29) is 5.91 Å². The lowest BCUT2D eigenvalue weighted by molar-refractivity contribution is -0.115. The number of anilines is 1. The van der Waals surface area contributed by atoms with E-state index >= 15 is 0 Å². The Bertz CT molecular complexity index is 857. The summed E-state index contributed by atoms with van der Waals surface area (Å²) < 4.78 is 0. The highest BCUT2D eigenvalue weighted by Gasteiger charge is 2.17. The summed E-state index contributed by atoms with van der Waals surface area (Å²) in [6.07, 6.45) is 1.50. The van der Waals surface area contributed by atoms with Gasteiger partial charge in [0.1, 0.15) is 0 Å². The summed E-state index contributed by atoms with van der Waals surface area (Å²) in [6.45, 7) is 2.84. The van der Waals surface area contributed by atoms with Gasteiger partial charge in [0, 0.05) is 29.9 Å². The van der Waals surface area contributed by atoms with Crippen molar-refractivity contribution >= 4 is 33.7 Å². The number of carbonyl (C=O) groups excluding carboxylic acids is 1. The van der Waals surface area contributed by atoms with Gasteiger partial charge in [0.05, 0.1) is 12.1 Å². The highest BCUT2D eigenvalue weighted by molar-refractivity contribution is 7.14. The molecule has 0 bridgehead atoms. The third kappa shape index (κ3) is 4.15. The zero-order valence-corrected chi connectivity index (χ0v) is 15.4. The number of carbonyl (C=O) groups is 1. The molecule has 25 heavy (non-hydrogen) atoms. The number of nitrogens with one attached hydrogen (secondary N) is 1. The lowest BCUT2D eigenvalue weighted by Crippen LogP contribution is -2.30. The number of nitrogens with zero attached hydrogens (tertiary/aromatic N) is 2. The predicted octanol–water partition coefficient (Wildman–Crippen LogP) is 3.94. The molecule has 0 saturated carbocycles. The molecule has 128 valence electrons. The number of hydrogen-bond donors (Lipinski definition) is 1. The van der Waals surface area contributed by atoms with Gasteiger partial charge in [-0.25, -0.2) is 4.98 Å². The Labute approximate surface area is 155 Å². The van der Waals surface area contributed by atoms with E-state index in [0.717, 1.165) is 36.6 Å². The van der Waals surface area contributed by atoms with E-state index in [1.807, 2.05) is 22.9 Å². The number of rotatable bonds is 5. The first-order valence-corrected chi connectivity index (χ1v) is 10.1. The van der Waals surface area contributed by atoms with Crippen molar-refractivity contribution in [1.29, 1.82) is 0 Å². The van der Waals surface area contributed by atoms with Gasteiger partial charge in [0.15, 0.2) is 5.13 Å². The van der Waals surface area contributed by atoms with Crippen LogP contribution in [0.25, 0.3) is 0 Å². The van der Waals surface area contributed by atoms with Crippen molar-refractivity contribution in [2.75, 3.05) is 11.9 Å². The summed E-state index contributed by atoms with van der Waals surface area (Å²) in [7, 11) is 0. The molecule has 1 aliphatic heterocycles. The minimum Gasteiger partial charge on any atom is -0.302 e.